The molecule has 1 aromatic rings. The van der Waals surface area contributed by atoms with Crippen LogP contribution < -0.4 is 16.6 Å². The largest absolute Gasteiger partial charge is 0.387 e. The maximum absolute atomic E-state index is 11.0. The molecule has 0 radical (unpaired) electrons. The Morgan fingerprint density at radius 1 is 1.58 bits per heavy atom. The summed E-state index contributed by atoms with van der Waals surface area (Å²) in [6.45, 7) is 1.75. The molecular formula is C9H16N6O3S. The van der Waals surface area contributed by atoms with Crippen LogP contribution in [0.15, 0.2) is 6.33 Å². The first-order valence-electron chi connectivity index (χ1n) is 5.32. The number of aromatic nitrogens is 2. The molecule has 0 aliphatic carbocycles. The second-order valence-electron chi connectivity index (χ2n) is 4.10. The number of hydrogen-bond acceptors (Lipinski definition) is 9. The van der Waals surface area contributed by atoms with Gasteiger partial charge in [-0.2, -0.15) is 11.8 Å². The zero-order chi connectivity index (χ0) is 14.5. The first-order chi connectivity index (χ1) is 8.91. The fourth-order valence-electron chi connectivity index (χ4n) is 1.42. The molecule has 19 heavy (non-hydrogen) atoms. The van der Waals surface area contributed by atoms with Crippen LogP contribution in [-0.4, -0.2) is 44.2 Å². The van der Waals surface area contributed by atoms with Gasteiger partial charge in [-0.15, -0.1) is 0 Å². The lowest BCUT2D eigenvalue weighted by molar-refractivity contribution is -0.383. The Balaban J connectivity index is 2.92. The number of nitrogens with one attached hydrogen (secondary N) is 2. The Bertz CT molecular complexity index is 456. The fraction of sp³-hybridized carbons (Fsp3) is 0.556. The Kier molecular flexibility index (Phi) is 5.27. The topological polar surface area (TPSA) is 139 Å². The summed E-state index contributed by atoms with van der Waals surface area (Å²) in [7, 11) is 0. The summed E-state index contributed by atoms with van der Waals surface area (Å²) < 4.78 is 0. The number of nitrogen functional groups attached to an aromatic ring is 1. The van der Waals surface area contributed by atoms with Crippen molar-refractivity contribution in [2.24, 2.45) is 5.84 Å². The molecule has 0 aromatic carbocycles. The van der Waals surface area contributed by atoms with E-state index in [1.54, 1.807) is 6.92 Å². The second kappa shape index (κ2) is 6.50. The number of nitrogens with zero attached hydrogens (tertiary/aromatic N) is 3. The van der Waals surface area contributed by atoms with Crippen LogP contribution in [0, 0.1) is 10.1 Å². The highest BCUT2D eigenvalue weighted by Crippen LogP contribution is 2.28. The van der Waals surface area contributed by atoms with Gasteiger partial charge in [0.05, 0.1) is 10.5 Å². The standard InChI is InChI=1S/C9H16N6O3S/c1-9(16,4-19-2)3-11-7-6(15(17)18)8(14-10)13-5-12-7/h5,16H,3-4,10H2,1-2H3,(H2,11,12,13,14). The first kappa shape index (κ1) is 15.4. The van der Waals surface area contributed by atoms with Gasteiger partial charge in [0.15, 0.2) is 0 Å². The van der Waals surface area contributed by atoms with Crippen molar-refractivity contribution in [1.82, 2.24) is 9.97 Å². The molecule has 0 aliphatic heterocycles. The molecule has 1 unspecified atom stereocenters. The van der Waals surface area contributed by atoms with Crippen molar-refractivity contribution in [3.05, 3.63) is 16.4 Å². The molecule has 10 heteroatoms. The van der Waals surface area contributed by atoms with Crippen molar-refractivity contribution in [3.63, 3.8) is 0 Å². The molecule has 0 fully saturated rings. The van der Waals surface area contributed by atoms with Crippen LogP contribution in [0.25, 0.3) is 0 Å². The van der Waals surface area contributed by atoms with Gasteiger partial charge in [0.2, 0.25) is 11.6 Å². The Hall–Kier alpha value is -1.65. The Morgan fingerprint density at radius 2 is 2.21 bits per heavy atom. The second-order valence-corrected chi connectivity index (χ2v) is 4.97. The molecule has 0 spiro atoms. The Labute approximate surface area is 114 Å². The van der Waals surface area contributed by atoms with Crippen molar-refractivity contribution < 1.29 is 10.0 Å². The summed E-state index contributed by atoms with van der Waals surface area (Å²) in [5.74, 6) is 5.57. The SMILES string of the molecule is CSCC(C)(O)CNc1ncnc(NN)c1[N+](=O)[O-]. The van der Waals surface area contributed by atoms with E-state index in [2.05, 4.69) is 20.7 Å². The van der Waals surface area contributed by atoms with Gasteiger partial charge < -0.3 is 15.8 Å². The highest BCUT2D eigenvalue weighted by atomic mass is 32.2. The average molecular weight is 288 g/mol. The number of hydrazine groups is 1. The van der Waals surface area contributed by atoms with Crippen molar-refractivity contribution in [1.29, 1.82) is 0 Å². The van der Waals surface area contributed by atoms with Gasteiger partial charge in [-0.05, 0) is 13.2 Å². The summed E-state index contributed by atoms with van der Waals surface area (Å²) in [6.07, 6.45) is 3.01. The smallest absolute Gasteiger partial charge is 0.354 e. The summed E-state index contributed by atoms with van der Waals surface area (Å²) in [5, 5.41) is 23.7. The van der Waals surface area contributed by atoms with E-state index in [0.717, 1.165) is 6.33 Å². The van der Waals surface area contributed by atoms with E-state index in [0.29, 0.717) is 5.75 Å². The van der Waals surface area contributed by atoms with Gasteiger partial charge in [0.25, 0.3) is 0 Å². The predicted octanol–water partition coefficient (Wildman–Crippen LogP) is 0.196. The number of hydrogen-bond donors (Lipinski definition) is 4. The van der Waals surface area contributed by atoms with Crippen LogP contribution in [0.1, 0.15) is 6.92 Å². The number of nitro groups is 1. The molecular weight excluding hydrogens is 272 g/mol. The van der Waals surface area contributed by atoms with Crippen LogP contribution >= 0.6 is 11.8 Å². The number of anilines is 2. The zero-order valence-corrected chi connectivity index (χ0v) is 11.4. The molecule has 0 bridgehead atoms. The van der Waals surface area contributed by atoms with E-state index < -0.39 is 10.5 Å². The molecule has 1 atom stereocenters. The van der Waals surface area contributed by atoms with Gasteiger partial charge in [0, 0.05) is 12.3 Å². The molecule has 1 aromatic heterocycles. The average Bonchev–Trinajstić information content (AvgIpc) is 2.35. The molecule has 106 valence electrons. The minimum atomic E-state index is -1.01. The number of aliphatic hydroxyl groups is 1. The van der Waals surface area contributed by atoms with E-state index in [9.17, 15) is 15.2 Å². The first-order valence-corrected chi connectivity index (χ1v) is 6.72. The van der Waals surface area contributed by atoms with Crippen molar-refractivity contribution >= 4 is 29.1 Å². The van der Waals surface area contributed by atoms with E-state index in [4.69, 9.17) is 5.84 Å². The maximum atomic E-state index is 11.0. The van der Waals surface area contributed by atoms with E-state index in [1.165, 1.54) is 11.8 Å². The van der Waals surface area contributed by atoms with E-state index in [-0.39, 0.29) is 23.9 Å². The number of nitrogens with two attached hydrogens (primary N) is 1. The third kappa shape index (κ3) is 4.19. The van der Waals surface area contributed by atoms with Crippen LogP contribution in [0.4, 0.5) is 17.3 Å². The molecule has 0 aliphatic rings. The predicted molar refractivity (Wildman–Crippen MR) is 74.0 cm³/mol. The lowest BCUT2D eigenvalue weighted by Crippen LogP contribution is -2.36. The lowest BCUT2D eigenvalue weighted by Gasteiger charge is -2.22. The third-order valence-electron chi connectivity index (χ3n) is 2.23. The van der Waals surface area contributed by atoms with Crippen LogP contribution in [0.3, 0.4) is 0 Å². The molecule has 0 saturated carbocycles. The van der Waals surface area contributed by atoms with Crippen LogP contribution in [0.2, 0.25) is 0 Å². The van der Waals surface area contributed by atoms with Gasteiger partial charge in [-0.1, -0.05) is 0 Å². The lowest BCUT2D eigenvalue weighted by atomic mass is 10.1. The Morgan fingerprint density at radius 3 is 2.74 bits per heavy atom. The molecule has 1 rings (SSSR count). The van der Waals surface area contributed by atoms with E-state index >= 15 is 0 Å². The highest BCUT2D eigenvalue weighted by molar-refractivity contribution is 7.98. The quantitative estimate of drug-likeness (QED) is 0.314. The number of thioether (sulfide) groups is 1. The number of rotatable bonds is 7. The van der Waals surface area contributed by atoms with Crippen molar-refractivity contribution in [2.75, 3.05) is 29.3 Å². The van der Waals surface area contributed by atoms with Crippen LogP contribution in [-0.2, 0) is 0 Å². The summed E-state index contributed by atoms with van der Waals surface area (Å²) in [5.41, 5.74) is 0.778. The minimum Gasteiger partial charge on any atom is -0.387 e. The van der Waals surface area contributed by atoms with E-state index in [1.807, 2.05) is 6.26 Å². The highest BCUT2D eigenvalue weighted by Gasteiger charge is 2.25. The molecule has 5 N–H and O–H groups in total. The molecule has 0 amide bonds. The van der Waals surface area contributed by atoms with Gasteiger partial charge in [-0.3, -0.25) is 10.1 Å². The minimum absolute atomic E-state index is 0.00864. The summed E-state index contributed by atoms with van der Waals surface area (Å²) in [4.78, 5) is 17.8. The van der Waals surface area contributed by atoms with Gasteiger partial charge >= 0.3 is 5.69 Å². The maximum Gasteiger partial charge on any atom is 0.354 e. The van der Waals surface area contributed by atoms with Crippen molar-refractivity contribution in [2.45, 2.75) is 12.5 Å². The molecule has 9 nitrogen and oxygen atoms in total. The van der Waals surface area contributed by atoms with Gasteiger partial charge in [0.1, 0.15) is 6.33 Å². The zero-order valence-electron chi connectivity index (χ0n) is 10.6. The third-order valence-corrected chi connectivity index (χ3v) is 3.14. The van der Waals surface area contributed by atoms with Crippen LogP contribution in [0.5, 0.6) is 0 Å². The van der Waals surface area contributed by atoms with Crippen molar-refractivity contribution in [3.8, 4) is 0 Å². The molecule has 1 heterocycles. The normalized spacial score (nSPS) is 13.7. The molecule has 0 saturated heterocycles. The monoisotopic (exact) mass is 288 g/mol. The summed E-state index contributed by atoms with van der Waals surface area (Å²) in [6, 6.07) is 0. The summed E-state index contributed by atoms with van der Waals surface area (Å²) >= 11 is 1.47. The van der Waals surface area contributed by atoms with Gasteiger partial charge in [-0.25, -0.2) is 15.8 Å². The fourth-order valence-corrected chi connectivity index (χ4v) is 2.15.